The smallest absolute Gasteiger partial charge is 0.288 e. The number of nitrogens with zero attached hydrogens (tertiary/aromatic N) is 2. The molecule has 0 spiro atoms. The summed E-state index contributed by atoms with van der Waals surface area (Å²) in [5.41, 5.74) is 0.391. The molecule has 0 saturated heterocycles. The minimum absolute atomic E-state index is 0.155. The third-order valence-corrected chi connectivity index (χ3v) is 4.97. The molecular formula is C12H11F2N3OS3. The van der Waals surface area contributed by atoms with Gasteiger partial charge in [0.1, 0.15) is 5.01 Å². The van der Waals surface area contributed by atoms with Crippen molar-refractivity contribution < 1.29 is 13.6 Å². The zero-order valence-electron chi connectivity index (χ0n) is 10.9. The molecule has 2 aromatic rings. The van der Waals surface area contributed by atoms with Gasteiger partial charge in [-0.05, 0) is 19.1 Å². The Morgan fingerprint density at radius 3 is 2.81 bits per heavy atom. The molecule has 0 saturated carbocycles. The van der Waals surface area contributed by atoms with Crippen LogP contribution in [-0.4, -0.2) is 27.6 Å². The number of aromatic nitrogens is 2. The molecule has 1 N–H and O–H groups in total. The van der Waals surface area contributed by atoms with Crippen molar-refractivity contribution in [3.05, 3.63) is 29.3 Å². The highest BCUT2D eigenvalue weighted by atomic mass is 32.2. The summed E-state index contributed by atoms with van der Waals surface area (Å²) in [5, 5.41) is 11.2. The second kappa shape index (κ2) is 7.71. The van der Waals surface area contributed by atoms with E-state index in [0.717, 1.165) is 5.01 Å². The molecule has 1 aromatic carbocycles. The van der Waals surface area contributed by atoms with Crippen LogP contribution in [0.1, 0.15) is 5.01 Å². The molecule has 1 amide bonds. The van der Waals surface area contributed by atoms with Crippen LogP contribution in [0.2, 0.25) is 0 Å². The molecule has 0 fully saturated rings. The zero-order chi connectivity index (χ0) is 15.2. The average molecular weight is 347 g/mol. The summed E-state index contributed by atoms with van der Waals surface area (Å²) in [4.78, 5) is 12.2. The van der Waals surface area contributed by atoms with Gasteiger partial charge in [0.2, 0.25) is 5.91 Å². The lowest BCUT2D eigenvalue weighted by molar-refractivity contribution is -0.113. The van der Waals surface area contributed by atoms with Gasteiger partial charge in [-0.15, -0.1) is 10.2 Å². The number of hydrogen-bond donors (Lipinski definition) is 1. The molecule has 0 aliphatic rings. The first-order valence-electron chi connectivity index (χ1n) is 5.81. The van der Waals surface area contributed by atoms with E-state index in [1.807, 2.05) is 6.92 Å². The van der Waals surface area contributed by atoms with Crippen LogP contribution >= 0.6 is 34.9 Å². The van der Waals surface area contributed by atoms with Gasteiger partial charge in [0.25, 0.3) is 5.76 Å². The Balaban J connectivity index is 1.93. The molecule has 0 aliphatic heterocycles. The quantitative estimate of drug-likeness (QED) is 0.804. The van der Waals surface area contributed by atoms with E-state index in [2.05, 4.69) is 15.5 Å². The maximum absolute atomic E-state index is 12.4. The molecule has 112 valence electrons. The van der Waals surface area contributed by atoms with Crippen LogP contribution in [0.4, 0.5) is 14.5 Å². The molecule has 0 radical (unpaired) electrons. The van der Waals surface area contributed by atoms with E-state index < -0.39 is 5.76 Å². The number of benzene rings is 1. The Kier molecular flexibility index (Phi) is 5.95. The summed E-state index contributed by atoms with van der Waals surface area (Å²) in [6.07, 6.45) is 0. The highest BCUT2D eigenvalue weighted by molar-refractivity contribution is 8.01. The number of carbonyl (C=O) groups excluding carboxylic acids is 1. The van der Waals surface area contributed by atoms with Crippen molar-refractivity contribution in [2.24, 2.45) is 0 Å². The highest BCUT2D eigenvalue weighted by Gasteiger charge is 2.12. The van der Waals surface area contributed by atoms with Crippen molar-refractivity contribution in [3.8, 4) is 0 Å². The van der Waals surface area contributed by atoms with Crippen molar-refractivity contribution in [1.82, 2.24) is 10.2 Å². The van der Waals surface area contributed by atoms with Gasteiger partial charge in [-0.3, -0.25) is 4.79 Å². The van der Waals surface area contributed by atoms with E-state index in [1.54, 1.807) is 24.3 Å². The first kappa shape index (κ1) is 16.2. The normalized spacial score (nSPS) is 10.9. The van der Waals surface area contributed by atoms with Crippen molar-refractivity contribution in [1.29, 1.82) is 0 Å². The summed E-state index contributed by atoms with van der Waals surface area (Å²) in [6.45, 7) is 1.83. The van der Waals surface area contributed by atoms with E-state index in [-0.39, 0.29) is 11.7 Å². The molecule has 0 aliphatic carbocycles. The van der Waals surface area contributed by atoms with Gasteiger partial charge in [-0.2, -0.15) is 8.78 Å². The minimum atomic E-state index is -2.53. The first-order valence-corrected chi connectivity index (χ1v) is 8.49. The summed E-state index contributed by atoms with van der Waals surface area (Å²) < 4.78 is 25.6. The molecule has 0 atom stereocenters. The van der Waals surface area contributed by atoms with E-state index in [9.17, 15) is 13.6 Å². The molecule has 1 heterocycles. The fourth-order valence-corrected chi connectivity index (χ4v) is 3.63. The van der Waals surface area contributed by atoms with E-state index in [0.29, 0.717) is 26.7 Å². The maximum Gasteiger partial charge on any atom is 0.288 e. The van der Waals surface area contributed by atoms with Crippen LogP contribution in [0.15, 0.2) is 33.5 Å². The molecule has 1 aromatic heterocycles. The minimum Gasteiger partial charge on any atom is -0.324 e. The summed E-state index contributed by atoms with van der Waals surface area (Å²) in [5.74, 6) is -2.64. The Hall–Kier alpha value is -1.19. The van der Waals surface area contributed by atoms with Crippen LogP contribution in [0.3, 0.4) is 0 Å². The van der Waals surface area contributed by atoms with Crippen LogP contribution < -0.4 is 5.32 Å². The number of alkyl halides is 2. The van der Waals surface area contributed by atoms with Gasteiger partial charge in [-0.25, -0.2) is 0 Å². The predicted molar refractivity (Wildman–Crippen MR) is 82.3 cm³/mol. The number of halogens is 2. The third-order valence-electron chi connectivity index (χ3n) is 2.21. The highest BCUT2D eigenvalue weighted by Crippen LogP contribution is 2.31. The number of anilines is 1. The second-order valence-corrected chi connectivity index (χ2v) is 7.23. The zero-order valence-corrected chi connectivity index (χ0v) is 13.3. The lowest BCUT2D eigenvalue weighted by Gasteiger charge is -2.09. The standard InChI is InChI=1S/C12H11F2N3OS3/c1-7-16-17-12(20-7)19-6-10(18)15-8-4-2-3-5-9(8)21-11(13)14/h2-5,11H,6H2,1H3,(H,15,18). The SMILES string of the molecule is Cc1nnc(SCC(=O)Nc2ccccc2SC(F)F)s1. The van der Waals surface area contributed by atoms with Crippen LogP contribution in [0, 0.1) is 6.92 Å². The topological polar surface area (TPSA) is 54.9 Å². The van der Waals surface area contributed by atoms with Crippen LogP contribution in [0.25, 0.3) is 0 Å². The third kappa shape index (κ3) is 5.25. The number of amides is 1. The number of aryl methyl sites for hydroxylation is 1. The van der Waals surface area contributed by atoms with Crippen molar-refractivity contribution in [2.45, 2.75) is 21.9 Å². The number of rotatable bonds is 6. The number of para-hydroxylation sites is 1. The van der Waals surface area contributed by atoms with Crippen LogP contribution in [-0.2, 0) is 4.79 Å². The summed E-state index contributed by atoms with van der Waals surface area (Å²) >= 11 is 3.08. The van der Waals surface area contributed by atoms with Crippen molar-refractivity contribution in [3.63, 3.8) is 0 Å². The number of nitrogens with one attached hydrogen (secondary N) is 1. The van der Waals surface area contributed by atoms with Gasteiger partial charge in [0, 0.05) is 4.90 Å². The molecular weight excluding hydrogens is 336 g/mol. The molecule has 21 heavy (non-hydrogen) atoms. The molecule has 4 nitrogen and oxygen atoms in total. The summed E-state index contributed by atoms with van der Waals surface area (Å²) in [7, 11) is 0. The van der Waals surface area contributed by atoms with Crippen molar-refractivity contribution in [2.75, 3.05) is 11.1 Å². The number of carbonyl (C=O) groups is 1. The lowest BCUT2D eigenvalue weighted by atomic mass is 10.3. The number of hydrogen-bond acceptors (Lipinski definition) is 6. The second-order valence-electron chi connectivity index (χ2n) is 3.80. The van der Waals surface area contributed by atoms with Crippen molar-refractivity contribution >= 4 is 46.5 Å². The molecule has 2 rings (SSSR count). The Morgan fingerprint density at radius 2 is 2.14 bits per heavy atom. The van der Waals surface area contributed by atoms with E-state index in [1.165, 1.54) is 23.1 Å². The summed E-state index contributed by atoms with van der Waals surface area (Å²) in [6, 6.07) is 6.49. The van der Waals surface area contributed by atoms with E-state index >= 15 is 0 Å². The lowest BCUT2D eigenvalue weighted by Crippen LogP contribution is -2.14. The van der Waals surface area contributed by atoms with Gasteiger partial charge in [0.05, 0.1) is 11.4 Å². The Labute approximate surface area is 132 Å². The fraction of sp³-hybridized carbons (Fsp3) is 0.250. The van der Waals surface area contributed by atoms with Gasteiger partial charge in [-0.1, -0.05) is 47.0 Å². The monoisotopic (exact) mass is 347 g/mol. The largest absolute Gasteiger partial charge is 0.324 e. The number of thioether (sulfide) groups is 2. The van der Waals surface area contributed by atoms with Gasteiger partial charge < -0.3 is 5.32 Å². The Bertz CT molecular complexity index is 621. The first-order chi connectivity index (χ1) is 10.0. The Morgan fingerprint density at radius 1 is 1.38 bits per heavy atom. The van der Waals surface area contributed by atoms with E-state index in [4.69, 9.17) is 0 Å². The molecule has 9 heteroatoms. The van der Waals surface area contributed by atoms with Gasteiger partial charge in [0.15, 0.2) is 4.34 Å². The molecule has 0 bridgehead atoms. The average Bonchev–Trinajstić information content (AvgIpc) is 2.84. The van der Waals surface area contributed by atoms with Gasteiger partial charge >= 0.3 is 0 Å². The predicted octanol–water partition coefficient (Wildman–Crippen LogP) is 3.89. The van der Waals surface area contributed by atoms with Crippen LogP contribution in [0.5, 0.6) is 0 Å². The molecule has 0 unspecified atom stereocenters. The maximum atomic E-state index is 12.4. The fourth-order valence-electron chi connectivity index (χ4n) is 1.42.